The van der Waals surface area contributed by atoms with Crippen molar-refractivity contribution in [3.8, 4) is 11.3 Å². The molecular formula is C12H9FN4. The molecule has 0 unspecified atom stereocenters. The number of anilines is 1. The van der Waals surface area contributed by atoms with Gasteiger partial charge >= 0.3 is 0 Å². The molecule has 3 rings (SSSR count). The highest BCUT2D eigenvalue weighted by atomic mass is 19.1. The van der Waals surface area contributed by atoms with Crippen molar-refractivity contribution in [1.82, 2.24) is 14.4 Å². The molecule has 3 aromatic rings. The Morgan fingerprint density at radius 1 is 1.29 bits per heavy atom. The van der Waals surface area contributed by atoms with E-state index >= 15 is 0 Å². The summed E-state index contributed by atoms with van der Waals surface area (Å²) in [5.74, 6) is 0.182. The summed E-state index contributed by atoms with van der Waals surface area (Å²) < 4.78 is 14.9. The summed E-state index contributed by atoms with van der Waals surface area (Å²) >= 11 is 0. The number of rotatable bonds is 1. The molecule has 0 saturated carbocycles. The van der Waals surface area contributed by atoms with Crippen LogP contribution < -0.4 is 5.73 Å². The first-order chi connectivity index (χ1) is 8.24. The van der Waals surface area contributed by atoms with E-state index in [9.17, 15) is 4.39 Å². The van der Waals surface area contributed by atoms with E-state index in [1.807, 2.05) is 18.5 Å². The molecule has 0 saturated heterocycles. The highest BCUT2D eigenvalue weighted by molar-refractivity contribution is 5.65. The summed E-state index contributed by atoms with van der Waals surface area (Å²) in [6.45, 7) is 0. The van der Waals surface area contributed by atoms with Gasteiger partial charge in [-0.2, -0.15) is 0 Å². The summed E-state index contributed by atoms with van der Waals surface area (Å²) in [6, 6.07) is 6.37. The lowest BCUT2D eigenvalue weighted by Gasteiger charge is -1.99. The molecule has 0 aliphatic carbocycles. The standard InChI is InChI=1S/C12H9FN4/c13-9-3-2-8(6-10(9)14)11-7-17-5-1-4-15-12(17)16-11/h1-7H,14H2. The summed E-state index contributed by atoms with van der Waals surface area (Å²) in [5, 5.41) is 0. The van der Waals surface area contributed by atoms with E-state index < -0.39 is 5.82 Å². The third-order valence-electron chi connectivity index (χ3n) is 2.53. The number of halogens is 1. The van der Waals surface area contributed by atoms with Crippen LogP contribution in [0.3, 0.4) is 0 Å². The number of nitrogen functional groups attached to an aromatic ring is 1. The van der Waals surface area contributed by atoms with Crippen molar-refractivity contribution in [1.29, 1.82) is 0 Å². The summed E-state index contributed by atoms with van der Waals surface area (Å²) in [4.78, 5) is 8.44. The van der Waals surface area contributed by atoms with E-state index in [0.717, 1.165) is 11.3 Å². The van der Waals surface area contributed by atoms with Gasteiger partial charge in [-0.1, -0.05) is 0 Å². The van der Waals surface area contributed by atoms with Crippen molar-refractivity contribution in [3.05, 3.63) is 48.7 Å². The van der Waals surface area contributed by atoms with Gasteiger partial charge in [0, 0.05) is 24.2 Å². The maximum atomic E-state index is 13.1. The molecule has 0 radical (unpaired) electrons. The minimum Gasteiger partial charge on any atom is -0.396 e. The Kier molecular flexibility index (Phi) is 2.04. The number of aromatic nitrogens is 3. The molecule has 84 valence electrons. The molecule has 0 bridgehead atoms. The molecule has 0 spiro atoms. The number of imidazole rings is 1. The predicted molar refractivity (Wildman–Crippen MR) is 62.8 cm³/mol. The first kappa shape index (κ1) is 9.77. The van der Waals surface area contributed by atoms with Gasteiger partial charge in [0.25, 0.3) is 0 Å². The van der Waals surface area contributed by atoms with E-state index in [2.05, 4.69) is 9.97 Å². The first-order valence-corrected chi connectivity index (χ1v) is 5.09. The van der Waals surface area contributed by atoms with Crippen molar-refractivity contribution in [2.24, 2.45) is 0 Å². The van der Waals surface area contributed by atoms with Crippen LogP contribution in [-0.4, -0.2) is 14.4 Å². The molecule has 2 N–H and O–H groups in total. The molecule has 0 amide bonds. The molecule has 1 aromatic carbocycles. The highest BCUT2D eigenvalue weighted by Crippen LogP contribution is 2.22. The average Bonchev–Trinajstić information content (AvgIpc) is 2.76. The molecule has 2 aromatic heterocycles. The molecule has 0 aliphatic heterocycles. The maximum absolute atomic E-state index is 13.1. The summed E-state index contributed by atoms with van der Waals surface area (Å²) in [5.41, 5.74) is 7.14. The number of hydrogen-bond donors (Lipinski definition) is 1. The van der Waals surface area contributed by atoms with Crippen LogP contribution in [0.2, 0.25) is 0 Å². The molecule has 0 aliphatic rings. The molecule has 4 nitrogen and oxygen atoms in total. The van der Waals surface area contributed by atoms with Crippen LogP contribution in [0.25, 0.3) is 17.0 Å². The van der Waals surface area contributed by atoms with Gasteiger partial charge in [0.1, 0.15) is 5.82 Å². The largest absolute Gasteiger partial charge is 0.396 e. The van der Waals surface area contributed by atoms with Crippen LogP contribution in [0.1, 0.15) is 0 Å². The van der Waals surface area contributed by atoms with Crippen LogP contribution in [-0.2, 0) is 0 Å². The fraction of sp³-hybridized carbons (Fsp3) is 0. The third kappa shape index (κ3) is 1.61. The third-order valence-corrected chi connectivity index (χ3v) is 2.53. The van der Waals surface area contributed by atoms with Gasteiger partial charge in [-0.25, -0.2) is 14.4 Å². The van der Waals surface area contributed by atoms with Crippen LogP contribution in [0, 0.1) is 5.82 Å². The lowest BCUT2D eigenvalue weighted by molar-refractivity contribution is 0.632. The Bertz CT molecular complexity index is 657. The molecule has 5 heteroatoms. The van der Waals surface area contributed by atoms with E-state index in [1.54, 1.807) is 22.7 Å². The highest BCUT2D eigenvalue weighted by Gasteiger charge is 2.06. The van der Waals surface area contributed by atoms with Crippen LogP contribution in [0.4, 0.5) is 10.1 Å². The van der Waals surface area contributed by atoms with Crippen molar-refractivity contribution < 1.29 is 4.39 Å². The molecule has 2 heterocycles. The Hall–Kier alpha value is -2.43. The van der Waals surface area contributed by atoms with Crippen molar-refractivity contribution in [3.63, 3.8) is 0 Å². The van der Waals surface area contributed by atoms with Crippen molar-refractivity contribution in [2.45, 2.75) is 0 Å². The minimum atomic E-state index is -0.421. The summed E-state index contributed by atoms with van der Waals surface area (Å²) in [7, 11) is 0. The van der Waals surface area contributed by atoms with Crippen molar-refractivity contribution >= 4 is 11.5 Å². The predicted octanol–water partition coefficient (Wildman–Crippen LogP) is 2.12. The van der Waals surface area contributed by atoms with Crippen LogP contribution >= 0.6 is 0 Å². The zero-order chi connectivity index (χ0) is 11.8. The lowest BCUT2D eigenvalue weighted by Crippen LogP contribution is -1.90. The lowest BCUT2D eigenvalue weighted by atomic mass is 10.1. The number of benzene rings is 1. The zero-order valence-corrected chi connectivity index (χ0v) is 8.84. The topological polar surface area (TPSA) is 56.2 Å². The van der Waals surface area contributed by atoms with Gasteiger partial charge in [-0.05, 0) is 24.3 Å². The molecule has 17 heavy (non-hydrogen) atoms. The first-order valence-electron chi connectivity index (χ1n) is 5.09. The minimum absolute atomic E-state index is 0.118. The zero-order valence-electron chi connectivity index (χ0n) is 8.84. The molecule has 0 fully saturated rings. The van der Waals surface area contributed by atoms with Gasteiger partial charge in [0.15, 0.2) is 0 Å². The van der Waals surface area contributed by atoms with E-state index in [-0.39, 0.29) is 5.69 Å². The Labute approximate surface area is 96.6 Å². The molecule has 0 atom stereocenters. The van der Waals surface area contributed by atoms with Gasteiger partial charge in [0.05, 0.1) is 11.4 Å². The van der Waals surface area contributed by atoms with Gasteiger partial charge in [-0.3, -0.25) is 4.40 Å². The number of hydrogen-bond acceptors (Lipinski definition) is 3. The Balaban J connectivity index is 2.17. The smallest absolute Gasteiger partial charge is 0.234 e. The van der Waals surface area contributed by atoms with Crippen molar-refractivity contribution in [2.75, 3.05) is 5.73 Å². The molecular weight excluding hydrogens is 219 g/mol. The fourth-order valence-electron chi connectivity index (χ4n) is 1.67. The van der Waals surface area contributed by atoms with E-state index in [0.29, 0.717) is 5.78 Å². The SMILES string of the molecule is Nc1cc(-c2cn3cccnc3n2)ccc1F. The second-order valence-corrected chi connectivity index (χ2v) is 3.69. The van der Waals surface area contributed by atoms with E-state index in [4.69, 9.17) is 5.73 Å². The van der Waals surface area contributed by atoms with E-state index in [1.165, 1.54) is 6.07 Å². The fourth-order valence-corrected chi connectivity index (χ4v) is 1.67. The summed E-state index contributed by atoms with van der Waals surface area (Å²) in [6.07, 6.45) is 5.35. The van der Waals surface area contributed by atoms with Crippen LogP contribution in [0.5, 0.6) is 0 Å². The Morgan fingerprint density at radius 3 is 2.94 bits per heavy atom. The second-order valence-electron chi connectivity index (χ2n) is 3.69. The average molecular weight is 228 g/mol. The monoisotopic (exact) mass is 228 g/mol. The normalized spacial score (nSPS) is 10.9. The Morgan fingerprint density at radius 2 is 2.18 bits per heavy atom. The number of nitrogens with two attached hydrogens (primary N) is 1. The van der Waals surface area contributed by atoms with Gasteiger partial charge < -0.3 is 5.73 Å². The van der Waals surface area contributed by atoms with Gasteiger partial charge in [0.2, 0.25) is 5.78 Å². The second kappa shape index (κ2) is 3.55. The quantitative estimate of drug-likeness (QED) is 0.649. The number of nitrogens with zero attached hydrogens (tertiary/aromatic N) is 3. The maximum Gasteiger partial charge on any atom is 0.234 e. The van der Waals surface area contributed by atoms with Gasteiger partial charge in [-0.15, -0.1) is 0 Å². The number of fused-ring (bicyclic) bond motifs is 1. The van der Waals surface area contributed by atoms with Crippen LogP contribution in [0.15, 0.2) is 42.9 Å².